The first-order chi connectivity index (χ1) is 13.7. The monoisotopic (exact) mass is 382 g/mol. The van der Waals surface area contributed by atoms with Gasteiger partial charge in [0.2, 0.25) is 0 Å². The van der Waals surface area contributed by atoms with Gasteiger partial charge in [-0.15, -0.1) is 0 Å². The summed E-state index contributed by atoms with van der Waals surface area (Å²) in [6, 6.07) is 15.5. The van der Waals surface area contributed by atoms with E-state index < -0.39 is 0 Å². The summed E-state index contributed by atoms with van der Waals surface area (Å²) in [5.41, 5.74) is 0. The SMILES string of the molecule is COC(=O)CCOc1c2ccccc2c(OCCC(=O)OC)c2ccccc12. The molecule has 0 radical (unpaired) electrons. The van der Waals surface area contributed by atoms with Crippen LogP contribution in [0.25, 0.3) is 21.5 Å². The summed E-state index contributed by atoms with van der Waals surface area (Å²) in [6.07, 6.45) is 0.326. The average Bonchev–Trinajstić information content (AvgIpc) is 2.74. The molecule has 0 atom stereocenters. The molecule has 0 aliphatic rings. The van der Waals surface area contributed by atoms with E-state index in [4.69, 9.17) is 9.47 Å². The highest BCUT2D eigenvalue weighted by Gasteiger charge is 2.16. The lowest BCUT2D eigenvalue weighted by atomic mass is 10.0. The van der Waals surface area contributed by atoms with Crippen LogP contribution in [0.3, 0.4) is 0 Å². The lowest BCUT2D eigenvalue weighted by molar-refractivity contribution is -0.142. The summed E-state index contributed by atoms with van der Waals surface area (Å²) < 4.78 is 21.3. The summed E-state index contributed by atoms with van der Waals surface area (Å²) >= 11 is 0. The van der Waals surface area contributed by atoms with Crippen molar-refractivity contribution in [2.45, 2.75) is 12.8 Å². The van der Waals surface area contributed by atoms with E-state index >= 15 is 0 Å². The normalized spacial score (nSPS) is 10.6. The summed E-state index contributed by atoms with van der Waals surface area (Å²) in [6.45, 7) is 0.423. The maximum atomic E-state index is 11.4. The van der Waals surface area contributed by atoms with Crippen LogP contribution in [-0.2, 0) is 19.1 Å². The Morgan fingerprint density at radius 1 is 0.643 bits per heavy atom. The van der Waals surface area contributed by atoms with Crippen LogP contribution in [0.15, 0.2) is 48.5 Å². The Labute approximate surface area is 162 Å². The maximum Gasteiger partial charge on any atom is 0.308 e. The van der Waals surface area contributed by atoms with Gasteiger partial charge in [0.15, 0.2) is 0 Å². The Morgan fingerprint density at radius 3 is 1.25 bits per heavy atom. The molecule has 0 saturated carbocycles. The van der Waals surface area contributed by atoms with E-state index in [-0.39, 0.29) is 38.0 Å². The van der Waals surface area contributed by atoms with E-state index in [1.807, 2.05) is 48.5 Å². The molecule has 0 saturated heterocycles. The van der Waals surface area contributed by atoms with Crippen LogP contribution in [0.2, 0.25) is 0 Å². The van der Waals surface area contributed by atoms with Gasteiger partial charge in [-0.2, -0.15) is 0 Å². The first kappa shape index (κ1) is 19.5. The summed E-state index contributed by atoms with van der Waals surface area (Å²) in [7, 11) is 2.71. The number of ether oxygens (including phenoxy) is 4. The minimum Gasteiger partial charge on any atom is -0.492 e. The molecule has 0 spiro atoms. The molecule has 0 fully saturated rings. The van der Waals surface area contributed by atoms with Gasteiger partial charge in [0.1, 0.15) is 11.5 Å². The van der Waals surface area contributed by atoms with Crippen LogP contribution in [0, 0.1) is 0 Å². The minimum atomic E-state index is -0.323. The average molecular weight is 382 g/mol. The second-order valence-corrected chi connectivity index (χ2v) is 6.10. The third kappa shape index (κ3) is 4.17. The molecule has 3 rings (SSSR count). The van der Waals surface area contributed by atoms with Crippen molar-refractivity contribution in [2.75, 3.05) is 27.4 Å². The largest absolute Gasteiger partial charge is 0.492 e. The second kappa shape index (κ2) is 9.08. The number of benzene rings is 3. The molecule has 3 aromatic rings. The molecule has 146 valence electrons. The van der Waals surface area contributed by atoms with Gasteiger partial charge >= 0.3 is 11.9 Å². The highest BCUT2D eigenvalue weighted by molar-refractivity contribution is 6.11. The molecule has 6 heteroatoms. The van der Waals surface area contributed by atoms with Crippen molar-refractivity contribution in [2.24, 2.45) is 0 Å². The molecule has 3 aromatic carbocycles. The van der Waals surface area contributed by atoms with E-state index in [2.05, 4.69) is 9.47 Å². The van der Waals surface area contributed by atoms with Gasteiger partial charge in [-0.3, -0.25) is 9.59 Å². The van der Waals surface area contributed by atoms with Crippen LogP contribution < -0.4 is 9.47 Å². The third-order valence-electron chi connectivity index (χ3n) is 4.39. The Kier molecular flexibility index (Phi) is 6.32. The van der Waals surface area contributed by atoms with E-state index in [1.165, 1.54) is 14.2 Å². The van der Waals surface area contributed by atoms with E-state index in [9.17, 15) is 9.59 Å². The zero-order valence-electron chi connectivity index (χ0n) is 15.9. The zero-order chi connectivity index (χ0) is 19.9. The molecular weight excluding hydrogens is 360 g/mol. The number of fused-ring (bicyclic) bond motifs is 2. The molecule has 0 N–H and O–H groups in total. The van der Waals surface area contributed by atoms with Crippen LogP contribution in [0.4, 0.5) is 0 Å². The number of methoxy groups -OCH3 is 2. The van der Waals surface area contributed by atoms with Crippen LogP contribution in [0.1, 0.15) is 12.8 Å². The predicted molar refractivity (Wildman–Crippen MR) is 106 cm³/mol. The number of hydrogen-bond donors (Lipinski definition) is 0. The van der Waals surface area contributed by atoms with Crippen molar-refractivity contribution in [1.82, 2.24) is 0 Å². The van der Waals surface area contributed by atoms with Gasteiger partial charge in [0.25, 0.3) is 0 Å². The number of carbonyl (C=O) groups is 2. The van der Waals surface area contributed by atoms with Gasteiger partial charge < -0.3 is 18.9 Å². The highest BCUT2D eigenvalue weighted by Crippen LogP contribution is 2.42. The second-order valence-electron chi connectivity index (χ2n) is 6.10. The number of carbonyl (C=O) groups excluding carboxylic acids is 2. The predicted octanol–water partition coefficient (Wildman–Crippen LogP) is 3.88. The van der Waals surface area contributed by atoms with Crippen molar-refractivity contribution < 1.29 is 28.5 Å². The maximum absolute atomic E-state index is 11.4. The van der Waals surface area contributed by atoms with Gasteiger partial charge in [0, 0.05) is 21.5 Å². The zero-order valence-corrected chi connectivity index (χ0v) is 15.9. The highest BCUT2D eigenvalue weighted by atomic mass is 16.5. The molecule has 6 nitrogen and oxygen atoms in total. The van der Waals surface area contributed by atoms with Crippen molar-refractivity contribution in [1.29, 1.82) is 0 Å². The standard InChI is InChI=1S/C22H22O6/c1-25-19(23)11-13-27-21-15-7-3-5-9-17(15)22(28-14-12-20(24)26-2)18-10-6-4-8-16(18)21/h3-10H,11-14H2,1-2H3. The summed E-state index contributed by atoms with van der Waals surface area (Å²) in [5.74, 6) is 0.735. The van der Waals surface area contributed by atoms with Gasteiger partial charge in [-0.25, -0.2) is 0 Å². The topological polar surface area (TPSA) is 71.1 Å². The van der Waals surface area contributed by atoms with Gasteiger partial charge in [-0.1, -0.05) is 48.5 Å². The smallest absolute Gasteiger partial charge is 0.308 e. The van der Waals surface area contributed by atoms with Crippen molar-refractivity contribution >= 4 is 33.5 Å². The van der Waals surface area contributed by atoms with Crippen molar-refractivity contribution in [3.8, 4) is 11.5 Å². The fourth-order valence-corrected chi connectivity index (χ4v) is 3.04. The Morgan fingerprint density at radius 2 is 0.964 bits per heavy atom. The first-order valence-corrected chi connectivity index (χ1v) is 8.98. The Bertz CT molecular complexity index is 858. The minimum absolute atomic E-state index is 0.163. The summed E-state index contributed by atoms with van der Waals surface area (Å²) in [5, 5.41) is 3.50. The van der Waals surface area contributed by atoms with E-state index in [1.54, 1.807) is 0 Å². The van der Waals surface area contributed by atoms with Crippen molar-refractivity contribution in [3.05, 3.63) is 48.5 Å². The van der Waals surface area contributed by atoms with Crippen molar-refractivity contribution in [3.63, 3.8) is 0 Å². The molecule has 0 heterocycles. The third-order valence-corrected chi connectivity index (χ3v) is 4.39. The molecule has 0 aromatic heterocycles. The fraction of sp³-hybridized carbons (Fsp3) is 0.273. The molecule has 0 bridgehead atoms. The quantitative estimate of drug-likeness (QED) is 0.435. The molecule has 0 aliphatic heterocycles. The molecule has 0 unspecified atom stereocenters. The molecule has 28 heavy (non-hydrogen) atoms. The Balaban J connectivity index is 2.02. The Hall–Kier alpha value is -3.28. The molecule has 0 aliphatic carbocycles. The van der Waals surface area contributed by atoms with E-state index in [0.717, 1.165) is 21.5 Å². The summed E-state index contributed by atoms with van der Waals surface area (Å²) in [4.78, 5) is 22.8. The number of esters is 2. The van der Waals surface area contributed by atoms with Gasteiger partial charge in [-0.05, 0) is 0 Å². The first-order valence-electron chi connectivity index (χ1n) is 8.98. The van der Waals surface area contributed by atoms with Crippen LogP contribution in [0.5, 0.6) is 11.5 Å². The molecule has 0 amide bonds. The lowest BCUT2D eigenvalue weighted by Crippen LogP contribution is -2.09. The van der Waals surface area contributed by atoms with Crippen LogP contribution in [-0.4, -0.2) is 39.4 Å². The van der Waals surface area contributed by atoms with E-state index in [0.29, 0.717) is 11.5 Å². The lowest BCUT2D eigenvalue weighted by Gasteiger charge is -2.17. The fourth-order valence-electron chi connectivity index (χ4n) is 3.04. The van der Waals surface area contributed by atoms with Gasteiger partial charge in [0.05, 0.1) is 40.3 Å². The number of rotatable bonds is 8. The number of hydrogen-bond acceptors (Lipinski definition) is 6. The van der Waals surface area contributed by atoms with Crippen LogP contribution >= 0.6 is 0 Å². The molecular formula is C22H22O6.